The smallest absolute Gasteiger partial charge is 0.296 e. The topological polar surface area (TPSA) is 51.5 Å². The normalized spacial score (nSPS) is 18.2. The zero-order chi connectivity index (χ0) is 15.5. The summed E-state index contributed by atoms with van der Waals surface area (Å²) in [6.07, 6.45) is 1.58. The molecule has 1 amide bonds. The van der Waals surface area contributed by atoms with Gasteiger partial charge in [0.05, 0.1) is 18.8 Å². The number of carbonyl (C=O) groups excluding carboxylic acids is 2. The molecule has 22 heavy (non-hydrogen) atoms. The average molecular weight is 298 g/mol. The number of carbonyl (C=O) groups is 2. The Balaban J connectivity index is 1.73. The van der Waals surface area contributed by atoms with Crippen LogP contribution < -0.4 is 0 Å². The van der Waals surface area contributed by atoms with Crippen molar-refractivity contribution in [3.05, 3.63) is 59.9 Å². The van der Waals surface area contributed by atoms with E-state index in [-0.39, 0.29) is 6.10 Å². The fourth-order valence-electron chi connectivity index (χ4n) is 2.65. The molecule has 1 aromatic heterocycles. The number of hydrogen-bond donors (Lipinski definition) is 0. The van der Waals surface area contributed by atoms with E-state index in [1.807, 2.05) is 30.3 Å². The monoisotopic (exact) mass is 298 g/mol. The van der Waals surface area contributed by atoms with Crippen molar-refractivity contribution >= 4 is 11.7 Å². The third-order valence-electron chi connectivity index (χ3n) is 3.90. The maximum atomic E-state index is 12.4. The van der Waals surface area contributed by atoms with Crippen LogP contribution in [0, 0.1) is 0 Å². The Morgan fingerprint density at radius 3 is 2.59 bits per heavy atom. The maximum absolute atomic E-state index is 12.4. The van der Waals surface area contributed by atoms with E-state index in [9.17, 15) is 9.59 Å². The molecule has 0 bridgehead atoms. The molecule has 1 aliphatic heterocycles. The third-order valence-corrected chi connectivity index (χ3v) is 3.90. The standard InChI is InChI=1S/C17H18N2O3/c1-18-9-5-8-14(18)16(20)17(21)19-10-11-22-15(12-19)13-6-3-2-4-7-13/h2-9,15H,10-12H2,1H3. The van der Waals surface area contributed by atoms with Crippen LogP contribution in [0.2, 0.25) is 0 Å². The van der Waals surface area contributed by atoms with Crippen LogP contribution in [0.4, 0.5) is 0 Å². The van der Waals surface area contributed by atoms with Crippen molar-refractivity contribution in [3.8, 4) is 0 Å². The van der Waals surface area contributed by atoms with Crippen molar-refractivity contribution in [2.75, 3.05) is 19.7 Å². The molecule has 1 aromatic carbocycles. The quantitative estimate of drug-likeness (QED) is 0.641. The zero-order valence-electron chi connectivity index (χ0n) is 12.4. The molecule has 5 heteroatoms. The van der Waals surface area contributed by atoms with Crippen molar-refractivity contribution in [1.29, 1.82) is 0 Å². The number of rotatable bonds is 3. The van der Waals surface area contributed by atoms with Gasteiger partial charge in [-0.3, -0.25) is 9.59 Å². The summed E-state index contributed by atoms with van der Waals surface area (Å²) < 4.78 is 7.39. The van der Waals surface area contributed by atoms with Gasteiger partial charge in [0.1, 0.15) is 6.10 Å². The van der Waals surface area contributed by atoms with E-state index in [2.05, 4.69) is 0 Å². The Kier molecular flexibility index (Phi) is 4.06. The lowest BCUT2D eigenvalue weighted by molar-refractivity contribution is -0.134. The second-order valence-electron chi connectivity index (χ2n) is 5.35. The molecule has 2 heterocycles. The van der Waals surface area contributed by atoms with Gasteiger partial charge >= 0.3 is 0 Å². The second kappa shape index (κ2) is 6.15. The first-order valence-electron chi connectivity index (χ1n) is 7.28. The molecule has 5 nitrogen and oxygen atoms in total. The van der Waals surface area contributed by atoms with Crippen LogP contribution in [0.1, 0.15) is 22.2 Å². The Labute approximate surface area is 129 Å². The van der Waals surface area contributed by atoms with E-state index in [0.717, 1.165) is 5.56 Å². The number of nitrogens with zero attached hydrogens (tertiary/aromatic N) is 2. The Hall–Kier alpha value is -2.40. The Morgan fingerprint density at radius 2 is 1.91 bits per heavy atom. The molecule has 114 valence electrons. The fraction of sp³-hybridized carbons (Fsp3) is 0.294. The van der Waals surface area contributed by atoms with Crippen LogP contribution in [0.15, 0.2) is 48.7 Å². The molecule has 1 aliphatic rings. The fourth-order valence-corrected chi connectivity index (χ4v) is 2.65. The molecule has 3 rings (SSSR count). The van der Waals surface area contributed by atoms with E-state index in [1.165, 1.54) is 0 Å². The van der Waals surface area contributed by atoms with Gasteiger partial charge in [0.15, 0.2) is 0 Å². The molecule has 0 spiro atoms. The summed E-state index contributed by atoms with van der Waals surface area (Å²) >= 11 is 0. The highest BCUT2D eigenvalue weighted by molar-refractivity contribution is 6.42. The van der Waals surface area contributed by atoms with Crippen molar-refractivity contribution in [1.82, 2.24) is 9.47 Å². The Bertz CT molecular complexity index is 678. The molecule has 1 atom stereocenters. The van der Waals surface area contributed by atoms with Crippen LogP contribution in [-0.2, 0) is 16.6 Å². The first-order chi connectivity index (χ1) is 10.7. The van der Waals surface area contributed by atoms with Crippen molar-refractivity contribution in [2.45, 2.75) is 6.10 Å². The van der Waals surface area contributed by atoms with Gasteiger partial charge in [0.25, 0.3) is 11.7 Å². The van der Waals surface area contributed by atoms with E-state index >= 15 is 0 Å². The first-order valence-corrected chi connectivity index (χ1v) is 7.28. The lowest BCUT2D eigenvalue weighted by Gasteiger charge is -2.32. The number of benzene rings is 1. The number of ether oxygens (including phenoxy) is 1. The lowest BCUT2D eigenvalue weighted by Crippen LogP contribution is -2.45. The molecule has 0 radical (unpaired) electrons. The highest BCUT2D eigenvalue weighted by Crippen LogP contribution is 2.22. The summed E-state index contributed by atoms with van der Waals surface area (Å²) in [7, 11) is 1.76. The van der Waals surface area contributed by atoms with Crippen LogP contribution in [0.3, 0.4) is 0 Å². The number of aromatic nitrogens is 1. The number of aryl methyl sites for hydroxylation is 1. The zero-order valence-corrected chi connectivity index (χ0v) is 12.4. The second-order valence-corrected chi connectivity index (χ2v) is 5.35. The minimum Gasteiger partial charge on any atom is -0.370 e. The molecule has 1 saturated heterocycles. The molecule has 0 aliphatic carbocycles. The number of morpholine rings is 1. The van der Waals surface area contributed by atoms with Gasteiger partial charge in [-0.25, -0.2) is 0 Å². The molecule has 0 N–H and O–H groups in total. The highest BCUT2D eigenvalue weighted by Gasteiger charge is 2.30. The van der Waals surface area contributed by atoms with E-state index in [0.29, 0.717) is 25.4 Å². The summed E-state index contributed by atoms with van der Waals surface area (Å²) in [5, 5.41) is 0. The van der Waals surface area contributed by atoms with Crippen LogP contribution >= 0.6 is 0 Å². The van der Waals surface area contributed by atoms with Gasteiger partial charge in [-0.1, -0.05) is 30.3 Å². The molecule has 2 aromatic rings. The highest BCUT2D eigenvalue weighted by atomic mass is 16.5. The number of Topliss-reactive ketones (excluding diaryl/α,β-unsaturated/α-hetero) is 1. The summed E-state index contributed by atoms with van der Waals surface area (Å²) in [6, 6.07) is 13.2. The van der Waals surface area contributed by atoms with Gasteiger partial charge in [-0.15, -0.1) is 0 Å². The van der Waals surface area contributed by atoms with Crippen molar-refractivity contribution in [2.24, 2.45) is 7.05 Å². The largest absolute Gasteiger partial charge is 0.370 e. The van der Waals surface area contributed by atoms with Gasteiger partial charge in [0.2, 0.25) is 0 Å². The van der Waals surface area contributed by atoms with Gasteiger partial charge < -0.3 is 14.2 Å². The summed E-state index contributed by atoms with van der Waals surface area (Å²) in [5.41, 5.74) is 1.43. The molecule has 1 fully saturated rings. The summed E-state index contributed by atoms with van der Waals surface area (Å²) in [4.78, 5) is 26.3. The maximum Gasteiger partial charge on any atom is 0.296 e. The Morgan fingerprint density at radius 1 is 1.14 bits per heavy atom. The minimum atomic E-state index is -0.471. The first kappa shape index (κ1) is 14.5. The average Bonchev–Trinajstić information content (AvgIpc) is 3.00. The minimum absolute atomic E-state index is 0.180. The van der Waals surface area contributed by atoms with Gasteiger partial charge in [0, 0.05) is 19.8 Å². The van der Waals surface area contributed by atoms with Crippen LogP contribution in [-0.4, -0.2) is 40.9 Å². The van der Waals surface area contributed by atoms with Crippen molar-refractivity contribution < 1.29 is 14.3 Å². The molecular formula is C17H18N2O3. The lowest BCUT2D eigenvalue weighted by atomic mass is 10.1. The van der Waals surface area contributed by atoms with E-state index in [1.54, 1.807) is 34.8 Å². The third kappa shape index (κ3) is 2.80. The van der Waals surface area contributed by atoms with Gasteiger partial charge in [-0.05, 0) is 17.7 Å². The SMILES string of the molecule is Cn1cccc1C(=O)C(=O)N1CCOC(c2ccccc2)C1. The predicted octanol–water partition coefficient (Wildman–Crippen LogP) is 1.81. The number of hydrogen-bond acceptors (Lipinski definition) is 3. The number of ketones is 1. The summed E-state index contributed by atoms with van der Waals surface area (Å²) in [5.74, 6) is -0.938. The van der Waals surface area contributed by atoms with Gasteiger partial charge in [-0.2, -0.15) is 0 Å². The molecular weight excluding hydrogens is 280 g/mol. The number of amides is 1. The van der Waals surface area contributed by atoms with Crippen molar-refractivity contribution in [3.63, 3.8) is 0 Å². The van der Waals surface area contributed by atoms with E-state index < -0.39 is 11.7 Å². The summed E-state index contributed by atoms with van der Waals surface area (Å²) in [6.45, 7) is 1.28. The predicted molar refractivity (Wildman–Crippen MR) is 81.5 cm³/mol. The van der Waals surface area contributed by atoms with Crippen LogP contribution in [0.25, 0.3) is 0 Å². The molecule has 1 unspecified atom stereocenters. The van der Waals surface area contributed by atoms with E-state index in [4.69, 9.17) is 4.74 Å². The molecule has 0 saturated carbocycles. The van der Waals surface area contributed by atoms with Crippen LogP contribution in [0.5, 0.6) is 0 Å².